The summed E-state index contributed by atoms with van der Waals surface area (Å²) in [5, 5.41) is 9.07. The average Bonchev–Trinajstić information content (AvgIpc) is 2.72. The zero-order valence-electron chi connectivity index (χ0n) is 9.64. The Morgan fingerprint density at radius 2 is 2.00 bits per heavy atom. The lowest BCUT2D eigenvalue weighted by Gasteiger charge is -1.98. The van der Waals surface area contributed by atoms with Crippen LogP contribution in [0.3, 0.4) is 0 Å². The molecule has 2 aromatic rings. The molecule has 2 aromatic heterocycles. The molecule has 2 rings (SSSR count). The first-order valence-corrected chi connectivity index (χ1v) is 7.23. The highest BCUT2D eigenvalue weighted by Crippen LogP contribution is 2.35. The summed E-state index contributed by atoms with van der Waals surface area (Å²) in [5.74, 6) is 0.671. The maximum atomic E-state index is 11.5. The Balaban J connectivity index is 2.72. The summed E-state index contributed by atoms with van der Waals surface area (Å²) >= 11 is 1.14. The van der Waals surface area contributed by atoms with Gasteiger partial charge in [-0.05, 0) is 26.8 Å². The number of hydrogen-bond acceptors (Lipinski definition) is 5. The lowest BCUT2D eigenvalue weighted by molar-refractivity contribution is 0.398. The van der Waals surface area contributed by atoms with Crippen LogP contribution in [0.5, 0.6) is 0 Å². The summed E-state index contributed by atoms with van der Waals surface area (Å²) in [5.41, 5.74) is 1.88. The van der Waals surface area contributed by atoms with Crippen LogP contribution in [0.1, 0.15) is 16.2 Å². The van der Waals surface area contributed by atoms with E-state index >= 15 is 0 Å². The van der Waals surface area contributed by atoms with Crippen molar-refractivity contribution in [3.63, 3.8) is 0 Å². The van der Waals surface area contributed by atoms with Gasteiger partial charge >= 0.3 is 0 Å². The fraction of sp³-hybridized carbons (Fsp3) is 0.300. The number of thiophene rings is 1. The van der Waals surface area contributed by atoms with Gasteiger partial charge in [-0.25, -0.2) is 13.6 Å². The molecule has 2 N–H and O–H groups in total. The van der Waals surface area contributed by atoms with E-state index in [1.165, 1.54) is 0 Å². The van der Waals surface area contributed by atoms with Gasteiger partial charge in [0.25, 0.3) is 0 Å². The molecule has 0 amide bonds. The van der Waals surface area contributed by atoms with E-state index in [2.05, 4.69) is 5.16 Å². The Bertz CT molecular complexity index is 668. The quantitative estimate of drug-likeness (QED) is 0.905. The number of sulfonamides is 1. The summed E-state index contributed by atoms with van der Waals surface area (Å²) in [6, 6.07) is 1.76. The molecular weight excluding hydrogens is 260 g/mol. The van der Waals surface area contributed by atoms with Crippen molar-refractivity contribution in [1.29, 1.82) is 0 Å². The van der Waals surface area contributed by atoms with Crippen molar-refractivity contribution in [3.8, 4) is 11.3 Å². The number of nitrogens with two attached hydrogens (primary N) is 1. The molecule has 0 aliphatic rings. The second kappa shape index (κ2) is 3.94. The Kier molecular flexibility index (Phi) is 2.84. The molecule has 0 fully saturated rings. The van der Waals surface area contributed by atoms with Gasteiger partial charge in [-0.15, -0.1) is 11.3 Å². The standard InChI is InChI=1S/C10H12N2O3S2/c1-5-4-8(10(16-5)17(11,13)14)9-6(2)7(3)15-12-9/h4H,1-3H3,(H2,11,13,14). The van der Waals surface area contributed by atoms with Crippen LogP contribution in [-0.4, -0.2) is 13.6 Å². The number of aromatic nitrogens is 1. The van der Waals surface area contributed by atoms with E-state index < -0.39 is 10.0 Å². The van der Waals surface area contributed by atoms with Crippen LogP contribution in [0.4, 0.5) is 0 Å². The van der Waals surface area contributed by atoms with Gasteiger partial charge in [0, 0.05) is 16.0 Å². The Labute approximate surface area is 103 Å². The summed E-state index contributed by atoms with van der Waals surface area (Å²) in [4.78, 5) is 0.865. The molecule has 17 heavy (non-hydrogen) atoms. The van der Waals surface area contributed by atoms with Crippen LogP contribution >= 0.6 is 11.3 Å². The zero-order chi connectivity index (χ0) is 12.8. The maximum absolute atomic E-state index is 11.5. The molecule has 5 nitrogen and oxygen atoms in total. The molecule has 0 atom stereocenters. The van der Waals surface area contributed by atoms with E-state index in [-0.39, 0.29) is 4.21 Å². The predicted molar refractivity (Wildman–Crippen MR) is 65.4 cm³/mol. The van der Waals surface area contributed by atoms with Gasteiger partial charge in [-0.3, -0.25) is 0 Å². The first kappa shape index (κ1) is 12.3. The largest absolute Gasteiger partial charge is 0.361 e. The normalized spacial score (nSPS) is 12.0. The molecule has 0 radical (unpaired) electrons. The number of nitrogens with zero attached hydrogens (tertiary/aromatic N) is 1. The lowest BCUT2D eigenvalue weighted by Crippen LogP contribution is -2.11. The second-order valence-corrected chi connectivity index (χ2v) is 6.83. The van der Waals surface area contributed by atoms with Gasteiger partial charge in [0.1, 0.15) is 15.7 Å². The Hall–Kier alpha value is -1.18. The number of primary sulfonamides is 1. The van der Waals surface area contributed by atoms with E-state index in [4.69, 9.17) is 9.66 Å². The highest BCUT2D eigenvalue weighted by atomic mass is 32.2. The summed E-state index contributed by atoms with van der Waals surface area (Å²) in [7, 11) is -3.73. The third-order valence-electron chi connectivity index (χ3n) is 2.49. The van der Waals surface area contributed by atoms with Crippen LogP contribution in [0.2, 0.25) is 0 Å². The van der Waals surface area contributed by atoms with Crippen molar-refractivity contribution in [2.24, 2.45) is 5.14 Å². The SMILES string of the molecule is Cc1cc(-c2noc(C)c2C)c(S(N)(=O)=O)s1. The summed E-state index contributed by atoms with van der Waals surface area (Å²) < 4.78 is 28.2. The van der Waals surface area contributed by atoms with Crippen molar-refractivity contribution in [1.82, 2.24) is 5.16 Å². The van der Waals surface area contributed by atoms with Crippen LogP contribution < -0.4 is 5.14 Å². The van der Waals surface area contributed by atoms with Gasteiger partial charge in [-0.2, -0.15) is 0 Å². The second-order valence-electron chi connectivity index (χ2n) is 3.82. The number of aryl methyl sites for hydroxylation is 2. The van der Waals surface area contributed by atoms with E-state index in [0.29, 0.717) is 17.0 Å². The molecule has 92 valence electrons. The molecule has 2 heterocycles. The van der Waals surface area contributed by atoms with Gasteiger partial charge in [0.2, 0.25) is 10.0 Å². The predicted octanol–water partition coefficient (Wildman–Crippen LogP) is 1.98. The molecule has 0 spiro atoms. The minimum Gasteiger partial charge on any atom is -0.361 e. The van der Waals surface area contributed by atoms with E-state index in [9.17, 15) is 8.42 Å². The van der Waals surface area contributed by atoms with Crippen molar-refractivity contribution >= 4 is 21.4 Å². The molecule has 0 aromatic carbocycles. The van der Waals surface area contributed by atoms with Gasteiger partial charge in [-0.1, -0.05) is 5.16 Å². The highest BCUT2D eigenvalue weighted by Gasteiger charge is 2.22. The van der Waals surface area contributed by atoms with Crippen LogP contribution in [0.25, 0.3) is 11.3 Å². The van der Waals surface area contributed by atoms with E-state index in [1.807, 2.05) is 13.8 Å². The van der Waals surface area contributed by atoms with Gasteiger partial charge in [0.15, 0.2) is 0 Å². The maximum Gasteiger partial charge on any atom is 0.248 e. The molecule has 0 unspecified atom stereocenters. The third-order valence-corrected chi connectivity index (χ3v) is 5.02. The van der Waals surface area contributed by atoms with Crippen molar-refractivity contribution in [2.45, 2.75) is 25.0 Å². The molecule has 0 bridgehead atoms. The zero-order valence-corrected chi connectivity index (χ0v) is 11.3. The van der Waals surface area contributed by atoms with Crippen molar-refractivity contribution < 1.29 is 12.9 Å². The van der Waals surface area contributed by atoms with Crippen molar-refractivity contribution in [2.75, 3.05) is 0 Å². The topological polar surface area (TPSA) is 86.2 Å². The fourth-order valence-corrected chi connectivity index (χ4v) is 3.59. The lowest BCUT2D eigenvalue weighted by atomic mass is 10.1. The van der Waals surface area contributed by atoms with Gasteiger partial charge < -0.3 is 4.52 Å². The molecular formula is C10H12N2O3S2. The summed E-state index contributed by atoms with van der Waals surface area (Å²) in [6.45, 7) is 5.44. The van der Waals surface area contributed by atoms with E-state index in [0.717, 1.165) is 21.8 Å². The van der Waals surface area contributed by atoms with Crippen LogP contribution in [0, 0.1) is 20.8 Å². The number of rotatable bonds is 2. The Morgan fingerprint density at radius 1 is 1.35 bits per heavy atom. The fourth-order valence-electron chi connectivity index (χ4n) is 1.54. The van der Waals surface area contributed by atoms with Crippen LogP contribution in [-0.2, 0) is 10.0 Å². The first-order chi connectivity index (χ1) is 7.80. The minimum absolute atomic E-state index is 0.131. The molecule has 0 saturated heterocycles. The minimum atomic E-state index is -3.73. The van der Waals surface area contributed by atoms with Crippen molar-refractivity contribution in [3.05, 3.63) is 22.3 Å². The van der Waals surface area contributed by atoms with E-state index in [1.54, 1.807) is 13.0 Å². The van der Waals surface area contributed by atoms with Crippen LogP contribution in [0.15, 0.2) is 14.8 Å². The molecule has 0 aliphatic heterocycles. The molecule has 0 aliphatic carbocycles. The monoisotopic (exact) mass is 272 g/mol. The highest BCUT2D eigenvalue weighted by molar-refractivity contribution is 7.91. The molecule has 7 heteroatoms. The average molecular weight is 272 g/mol. The summed E-state index contributed by atoms with van der Waals surface area (Å²) in [6.07, 6.45) is 0. The third kappa shape index (κ3) is 2.13. The Morgan fingerprint density at radius 3 is 2.47 bits per heavy atom. The smallest absolute Gasteiger partial charge is 0.248 e. The molecule has 0 saturated carbocycles. The first-order valence-electron chi connectivity index (χ1n) is 4.87. The number of hydrogen-bond donors (Lipinski definition) is 1. The van der Waals surface area contributed by atoms with Gasteiger partial charge in [0.05, 0.1) is 0 Å².